The maximum Gasteiger partial charge on any atom is 0.129 e. The van der Waals surface area contributed by atoms with Gasteiger partial charge in [-0.1, -0.05) is 18.2 Å². The largest absolute Gasteiger partial charge is 0.326 e. The second kappa shape index (κ2) is 5.29. The van der Waals surface area contributed by atoms with E-state index in [4.69, 9.17) is 5.73 Å². The van der Waals surface area contributed by atoms with Gasteiger partial charge in [-0.2, -0.15) is 5.10 Å². The zero-order valence-corrected chi connectivity index (χ0v) is 10.8. The van der Waals surface area contributed by atoms with Gasteiger partial charge < -0.3 is 5.73 Å². The summed E-state index contributed by atoms with van der Waals surface area (Å²) in [5, 5.41) is 10.7. The standard InChI is InChI=1S/C13H11N5S/c14-7-9-5-6-17-18-12(9)19-13-10-3-1-2-4-11(10)15-8-16-13/h1-6,8H,7,14H2. The SMILES string of the molecule is NCc1ccnnc1Sc1ncnc2ccccc12. The normalized spacial score (nSPS) is 10.8. The lowest BCUT2D eigenvalue weighted by Gasteiger charge is -2.06. The number of aromatic nitrogens is 4. The van der Waals surface area contributed by atoms with E-state index < -0.39 is 0 Å². The summed E-state index contributed by atoms with van der Waals surface area (Å²) in [6.45, 7) is 0.431. The van der Waals surface area contributed by atoms with Crippen LogP contribution < -0.4 is 5.73 Å². The molecule has 1 aromatic carbocycles. The van der Waals surface area contributed by atoms with E-state index in [9.17, 15) is 0 Å². The summed E-state index contributed by atoms with van der Waals surface area (Å²) in [5.74, 6) is 0. The fraction of sp³-hybridized carbons (Fsp3) is 0.0769. The van der Waals surface area contributed by atoms with Crippen molar-refractivity contribution in [3.05, 3.63) is 48.4 Å². The van der Waals surface area contributed by atoms with Gasteiger partial charge in [0.05, 0.1) is 5.52 Å². The first-order valence-corrected chi connectivity index (χ1v) is 6.58. The Morgan fingerprint density at radius 3 is 2.84 bits per heavy atom. The fourth-order valence-corrected chi connectivity index (χ4v) is 2.67. The number of nitrogens with zero attached hydrogens (tertiary/aromatic N) is 4. The molecule has 0 aliphatic rings. The van der Waals surface area contributed by atoms with Crippen LogP contribution in [-0.2, 0) is 6.54 Å². The van der Waals surface area contributed by atoms with Crippen molar-refractivity contribution in [2.45, 2.75) is 16.6 Å². The number of rotatable bonds is 3. The number of fused-ring (bicyclic) bond motifs is 1. The predicted octanol–water partition coefficient (Wildman–Crippen LogP) is 2.03. The second-order valence-corrected chi connectivity index (χ2v) is 4.84. The van der Waals surface area contributed by atoms with Crippen molar-refractivity contribution in [1.82, 2.24) is 20.2 Å². The molecule has 5 nitrogen and oxygen atoms in total. The highest BCUT2D eigenvalue weighted by molar-refractivity contribution is 7.99. The Balaban J connectivity index is 2.06. The molecule has 0 radical (unpaired) electrons. The molecule has 0 bridgehead atoms. The number of hydrogen-bond acceptors (Lipinski definition) is 6. The van der Waals surface area contributed by atoms with E-state index in [0.717, 1.165) is 26.5 Å². The minimum atomic E-state index is 0.431. The van der Waals surface area contributed by atoms with Gasteiger partial charge in [0.2, 0.25) is 0 Å². The Hall–Kier alpha value is -2.05. The van der Waals surface area contributed by atoms with Crippen molar-refractivity contribution < 1.29 is 0 Å². The van der Waals surface area contributed by atoms with E-state index in [-0.39, 0.29) is 0 Å². The Bertz CT molecular complexity index is 711. The zero-order chi connectivity index (χ0) is 13.1. The topological polar surface area (TPSA) is 77.6 Å². The van der Waals surface area contributed by atoms with Crippen LogP contribution in [0.5, 0.6) is 0 Å². The van der Waals surface area contributed by atoms with Gasteiger partial charge in [-0.3, -0.25) is 0 Å². The van der Waals surface area contributed by atoms with Gasteiger partial charge in [0.25, 0.3) is 0 Å². The molecule has 0 amide bonds. The third-order valence-corrected chi connectivity index (χ3v) is 3.74. The minimum absolute atomic E-state index is 0.431. The van der Waals surface area contributed by atoms with E-state index in [2.05, 4.69) is 20.2 Å². The van der Waals surface area contributed by atoms with Gasteiger partial charge in [-0.15, -0.1) is 5.10 Å². The molecule has 94 valence electrons. The van der Waals surface area contributed by atoms with Crippen LogP contribution in [0.3, 0.4) is 0 Å². The Morgan fingerprint density at radius 1 is 1.05 bits per heavy atom. The molecule has 0 unspecified atom stereocenters. The van der Waals surface area contributed by atoms with Gasteiger partial charge in [-0.05, 0) is 23.9 Å². The summed E-state index contributed by atoms with van der Waals surface area (Å²) in [5.41, 5.74) is 7.58. The lowest BCUT2D eigenvalue weighted by molar-refractivity contribution is 0.865. The molecule has 3 rings (SSSR count). The number of hydrogen-bond donors (Lipinski definition) is 1. The molecule has 0 aliphatic heterocycles. The van der Waals surface area contributed by atoms with Crippen molar-refractivity contribution in [1.29, 1.82) is 0 Å². The molecule has 19 heavy (non-hydrogen) atoms. The highest BCUT2D eigenvalue weighted by atomic mass is 32.2. The summed E-state index contributed by atoms with van der Waals surface area (Å²) in [6, 6.07) is 9.75. The zero-order valence-electron chi connectivity index (χ0n) is 10.0. The third kappa shape index (κ3) is 2.40. The molecule has 0 saturated carbocycles. The number of para-hydroxylation sites is 1. The van der Waals surface area contributed by atoms with E-state index in [1.165, 1.54) is 11.8 Å². The quantitative estimate of drug-likeness (QED) is 0.733. The van der Waals surface area contributed by atoms with Crippen LogP contribution >= 0.6 is 11.8 Å². The monoisotopic (exact) mass is 269 g/mol. The molecule has 2 aromatic heterocycles. The molecule has 0 aliphatic carbocycles. The molecule has 0 atom stereocenters. The number of benzene rings is 1. The van der Waals surface area contributed by atoms with Crippen LogP contribution in [-0.4, -0.2) is 20.2 Å². The maximum atomic E-state index is 5.70. The average Bonchev–Trinajstić information content (AvgIpc) is 2.48. The lowest BCUT2D eigenvalue weighted by Crippen LogP contribution is -2.01. The maximum absolute atomic E-state index is 5.70. The molecular formula is C13H11N5S. The van der Waals surface area contributed by atoms with Crippen LogP contribution in [0.15, 0.2) is 52.9 Å². The highest BCUT2D eigenvalue weighted by Crippen LogP contribution is 2.30. The van der Waals surface area contributed by atoms with Crippen LogP contribution in [0.25, 0.3) is 10.9 Å². The molecule has 0 saturated heterocycles. The first-order chi connectivity index (χ1) is 9.38. The van der Waals surface area contributed by atoms with Gasteiger partial charge >= 0.3 is 0 Å². The van der Waals surface area contributed by atoms with Gasteiger partial charge in [0.1, 0.15) is 16.4 Å². The van der Waals surface area contributed by atoms with Gasteiger partial charge in [0, 0.05) is 23.7 Å². The molecule has 2 N–H and O–H groups in total. The molecule has 2 heterocycles. The molecule has 6 heteroatoms. The minimum Gasteiger partial charge on any atom is -0.326 e. The summed E-state index contributed by atoms with van der Waals surface area (Å²) in [4.78, 5) is 8.56. The van der Waals surface area contributed by atoms with Crippen molar-refractivity contribution in [2.24, 2.45) is 5.73 Å². The first kappa shape index (κ1) is 12.0. The number of nitrogens with two attached hydrogens (primary N) is 1. The Kier molecular flexibility index (Phi) is 3.35. The molecular weight excluding hydrogens is 258 g/mol. The van der Waals surface area contributed by atoms with Crippen molar-refractivity contribution >= 4 is 22.7 Å². The highest BCUT2D eigenvalue weighted by Gasteiger charge is 2.09. The molecule has 0 fully saturated rings. The van der Waals surface area contributed by atoms with Crippen LogP contribution in [0.4, 0.5) is 0 Å². The van der Waals surface area contributed by atoms with Crippen molar-refractivity contribution in [2.75, 3.05) is 0 Å². The molecule has 0 spiro atoms. The predicted molar refractivity (Wildman–Crippen MR) is 73.6 cm³/mol. The van der Waals surface area contributed by atoms with Gasteiger partial charge in [0.15, 0.2) is 0 Å². The second-order valence-electron chi connectivity index (χ2n) is 3.86. The summed E-state index contributed by atoms with van der Waals surface area (Å²) in [7, 11) is 0. The van der Waals surface area contributed by atoms with E-state index in [1.807, 2.05) is 30.3 Å². The smallest absolute Gasteiger partial charge is 0.129 e. The van der Waals surface area contributed by atoms with E-state index in [1.54, 1.807) is 12.5 Å². The van der Waals surface area contributed by atoms with Crippen LogP contribution in [0, 0.1) is 0 Å². The summed E-state index contributed by atoms with van der Waals surface area (Å²) < 4.78 is 0. The Labute approximate surface area is 114 Å². The third-order valence-electron chi connectivity index (χ3n) is 2.69. The first-order valence-electron chi connectivity index (χ1n) is 5.76. The average molecular weight is 269 g/mol. The van der Waals surface area contributed by atoms with E-state index in [0.29, 0.717) is 6.54 Å². The van der Waals surface area contributed by atoms with Crippen molar-refractivity contribution in [3.8, 4) is 0 Å². The molecule has 3 aromatic rings. The fourth-order valence-electron chi connectivity index (χ4n) is 1.74. The lowest BCUT2D eigenvalue weighted by atomic mass is 10.2. The van der Waals surface area contributed by atoms with E-state index >= 15 is 0 Å². The van der Waals surface area contributed by atoms with Crippen LogP contribution in [0.2, 0.25) is 0 Å². The Morgan fingerprint density at radius 2 is 1.95 bits per heavy atom. The van der Waals surface area contributed by atoms with Crippen LogP contribution in [0.1, 0.15) is 5.56 Å². The summed E-state index contributed by atoms with van der Waals surface area (Å²) in [6.07, 6.45) is 3.20. The summed E-state index contributed by atoms with van der Waals surface area (Å²) >= 11 is 1.46. The van der Waals surface area contributed by atoms with Gasteiger partial charge in [-0.25, -0.2) is 9.97 Å². The van der Waals surface area contributed by atoms with Crippen molar-refractivity contribution in [3.63, 3.8) is 0 Å².